The molecule has 0 aliphatic heterocycles. The van der Waals surface area contributed by atoms with Gasteiger partial charge in [0.2, 0.25) is 5.91 Å². The topological polar surface area (TPSA) is 65.5 Å². The number of benzene rings is 1. The minimum absolute atomic E-state index is 0. The van der Waals surface area contributed by atoms with E-state index in [1.54, 1.807) is 7.05 Å². The number of amides is 1. The number of halogens is 1. The van der Waals surface area contributed by atoms with Crippen molar-refractivity contribution in [1.29, 1.82) is 0 Å². The molecule has 23 heavy (non-hydrogen) atoms. The van der Waals surface area contributed by atoms with E-state index in [1.807, 2.05) is 24.3 Å². The number of anilines is 1. The van der Waals surface area contributed by atoms with E-state index in [0.717, 1.165) is 37.5 Å². The Labute approximate surface area is 155 Å². The number of hydrogen-bond acceptors (Lipinski definition) is 2. The summed E-state index contributed by atoms with van der Waals surface area (Å²) in [4.78, 5) is 15.2. The van der Waals surface area contributed by atoms with Crippen molar-refractivity contribution in [2.75, 3.05) is 18.9 Å². The molecule has 1 aliphatic rings. The fourth-order valence-corrected chi connectivity index (χ4v) is 2.41. The molecule has 5 nitrogen and oxygen atoms in total. The van der Waals surface area contributed by atoms with Crippen LogP contribution in [0.15, 0.2) is 41.4 Å². The third-order valence-electron chi connectivity index (χ3n) is 3.55. The third kappa shape index (κ3) is 7.02. The van der Waals surface area contributed by atoms with Crippen LogP contribution >= 0.6 is 24.0 Å². The second kappa shape index (κ2) is 10.3. The van der Waals surface area contributed by atoms with Gasteiger partial charge in [-0.1, -0.05) is 24.3 Å². The van der Waals surface area contributed by atoms with E-state index in [9.17, 15) is 4.79 Å². The van der Waals surface area contributed by atoms with Crippen LogP contribution in [0.25, 0.3) is 0 Å². The molecule has 126 valence electrons. The highest BCUT2D eigenvalue weighted by Crippen LogP contribution is 2.10. The largest absolute Gasteiger partial charge is 0.356 e. The Morgan fingerprint density at radius 1 is 1.22 bits per heavy atom. The fraction of sp³-hybridized carbons (Fsp3) is 0.412. The summed E-state index contributed by atoms with van der Waals surface area (Å²) >= 11 is 0. The summed E-state index contributed by atoms with van der Waals surface area (Å²) in [6.07, 6.45) is 7.42. The van der Waals surface area contributed by atoms with Crippen molar-refractivity contribution in [3.05, 3.63) is 42.0 Å². The Bertz CT molecular complexity index is 546. The van der Waals surface area contributed by atoms with Crippen LogP contribution in [-0.2, 0) is 11.2 Å². The van der Waals surface area contributed by atoms with Gasteiger partial charge in [-0.15, -0.1) is 24.0 Å². The molecular weight excluding hydrogens is 403 g/mol. The second-order valence-corrected chi connectivity index (χ2v) is 5.41. The van der Waals surface area contributed by atoms with Gasteiger partial charge in [-0.05, 0) is 37.0 Å². The molecule has 0 atom stereocenters. The first-order valence-corrected chi connectivity index (χ1v) is 7.66. The quantitative estimate of drug-likeness (QED) is 0.293. The molecule has 0 fully saturated rings. The van der Waals surface area contributed by atoms with Gasteiger partial charge in [0.15, 0.2) is 5.96 Å². The molecule has 6 heteroatoms. The number of nitrogens with one attached hydrogen (secondary N) is 3. The molecule has 0 saturated carbocycles. The highest BCUT2D eigenvalue weighted by Gasteiger charge is 2.11. The van der Waals surface area contributed by atoms with E-state index in [4.69, 9.17) is 0 Å². The van der Waals surface area contributed by atoms with Gasteiger partial charge in [-0.3, -0.25) is 9.79 Å². The van der Waals surface area contributed by atoms with Gasteiger partial charge in [-0.25, -0.2) is 0 Å². The zero-order valence-electron chi connectivity index (χ0n) is 13.6. The Morgan fingerprint density at radius 3 is 2.43 bits per heavy atom. The number of guanidine groups is 1. The summed E-state index contributed by atoms with van der Waals surface area (Å²) in [5.41, 5.74) is 2.05. The number of carbonyl (C=O) groups excluding carboxylic acids is 1. The first kappa shape index (κ1) is 19.5. The number of nitrogens with zero attached hydrogens (tertiary/aromatic N) is 1. The molecule has 0 radical (unpaired) electrons. The summed E-state index contributed by atoms with van der Waals surface area (Å²) in [6.45, 7) is 2.33. The van der Waals surface area contributed by atoms with Gasteiger partial charge in [-0.2, -0.15) is 0 Å². The molecule has 0 saturated heterocycles. The van der Waals surface area contributed by atoms with Crippen molar-refractivity contribution in [2.24, 2.45) is 4.99 Å². The first-order valence-electron chi connectivity index (χ1n) is 7.66. The number of aliphatic imine (C=N–C) groups is 1. The minimum Gasteiger partial charge on any atom is -0.356 e. The fourth-order valence-electron chi connectivity index (χ4n) is 2.41. The molecule has 1 aromatic rings. The molecule has 0 aromatic heterocycles. The number of rotatable bonds is 5. The van der Waals surface area contributed by atoms with E-state index in [1.165, 1.54) is 12.5 Å². The van der Waals surface area contributed by atoms with Crippen LogP contribution in [0.1, 0.15) is 25.3 Å². The first-order chi connectivity index (χ1) is 10.7. The number of hydrogen-bond donors (Lipinski definition) is 3. The van der Waals surface area contributed by atoms with E-state index in [2.05, 4.69) is 33.1 Å². The smallest absolute Gasteiger partial charge is 0.221 e. The maximum atomic E-state index is 11.0. The Morgan fingerprint density at radius 2 is 1.87 bits per heavy atom. The molecule has 0 spiro atoms. The van der Waals surface area contributed by atoms with E-state index in [-0.39, 0.29) is 29.9 Å². The van der Waals surface area contributed by atoms with Gasteiger partial charge in [0.05, 0.1) is 0 Å². The summed E-state index contributed by atoms with van der Waals surface area (Å²) in [7, 11) is 1.79. The zero-order chi connectivity index (χ0) is 15.8. The summed E-state index contributed by atoms with van der Waals surface area (Å²) < 4.78 is 0. The average Bonchev–Trinajstić information content (AvgIpc) is 3.00. The lowest BCUT2D eigenvalue weighted by molar-refractivity contribution is -0.114. The van der Waals surface area contributed by atoms with Crippen LogP contribution < -0.4 is 16.0 Å². The van der Waals surface area contributed by atoms with Gasteiger partial charge in [0.1, 0.15) is 0 Å². The van der Waals surface area contributed by atoms with Crippen LogP contribution in [0, 0.1) is 0 Å². The van der Waals surface area contributed by atoms with Gasteiger partial charge in [0, 0.05) is 32.2 Å². The van der Waals surface area contributed by atoms with E-state index >= 15 is 0 Å². The molecule has 2 rings (SSSR count). The van der Waals surface area contributed by atoms with Crippen molar-refractivity contribution in [1.82, 2.24) is 10.6 Å². The van der Waals surface area contributed by atoms with Gasteiger partial charge >= 0.3 is 0 Å². The lowest BCUT2D eigenvalue weighted by Crippen LogP contribution is -2.43. The maximum Gasteiger partial charge on any atom is 0.221 e. The summed E-state index contributed by atoms with van der Waals surface area (Å²) in [5.74, 6) is 0.800. The highest BCUT2D eigenvalue weighted by atomic mass is 127. The van der Waals surface area contributed by atoms with Crippen molar-refractivity contribution in [3.8, 4) is 0 Å². The van der Waals surface area contributed by atoms with Crippen LogP contribution in [0.3, 0.4) is 0 Å². The molecule has 1 aliphatic carbocycles. The Balaban J connectivity index is 0.00000264. The maximum absolute atomic E-state index is 11.0. The van der Waals surface area contributed by atoms with Crippen LogP contribution in [0.5, 0.6) is 0 Å². The molecule has 1 aromatic carbocycles. The lowest BCUT2D eigenvalue weighted by atomic mass is 10.1. The normalized spacial score (nSPS) is 14.3. The predicted molar refractivity (Wildman–Crippen MR) is 107 cm³/mol. The monoisotopic (exact) mass is 428 g/mol. The average molecular weight is 428 g/mol. The third-order valence-corrected chi connectivity index (χ3v) is 3.55. The van der Waals surface area contributed by atoms with Crippen molar-refractivity contribution in [2.45, 2.75) is 32.2 Å². The molecule has 0 unspecified atom stereocenters. The minimum atomic E-state index is -0.0503. The Hall–Kier alpha value is -1.57. The number of carbonyl (C=O) groups is 1. The molecule has 1 amide bonds. The molecular formula is C17H25IN4O. The summed E-state index contributed by atoms with van der Waals surface area (Å²) in [6, 6.07) is 8.37. The second-order valence-electron chi connectivity index (χ2n) is 5.41. The van der Waals surface area contributed by atoms with Crippen molar-refractivity contribution >= 4 is 41.5 Å². The van der Waals surface area contributed by atoms with Crippen LogP contribution in [0.4, 0.5) is 5.69 Å². The van der Waals surface area contributed by atoms with Crippen molar-refractivity contribution < 1.29 is 4.79 Å². The predicted octanol–water partition coefficient (Wildman–Crippen LogP) is 2.69. The van der Waals surface area contributed by atoms with Gasteiger partial charge < -0.3 is 16.0 Å². The highest BCUT2D eigenvalue weighted by molar-refractivity contribution is 14.0. The standard InChI is InChI=1S/C17H24N4O.HI/c1-13(22)20-16-9-7-14(8-10-16)11-12-19-17(18-2)21-15-5-3-4-6-15;/h3-4,7-10,15H,5-6,11-12H2,1-2H3,(H,20,22)(H2,18,19,21);1H. The van der Waals surface area contributed by atoms with Crippen molar-refractivity contribution in [3.63, 3.8) is 0 Å². The lowest BCUT2D eigenvalue weighted by Gasteiger charge is -2.16. The van der Waals surface area contributed by atoms with E-state index < -0.39 is 0 Å². The van der Waals surface area contributed by atoms with Gasteiger partial charge in [0.25, 0.3) is 0 Å². The molecule has 0 heterocycles. The van der Waals surface area contributed by atoms with Crippen LogP contribution in [0.2, 0.25) is 0 Å². The van der Waals surface area contributed by atoms with Crippen LogP contribution in [-0.4, -0.2) is 31.5 Å². The molecule has 0 bridgehead atoms. The Kier molecular flexibility index (Phi) is 8.68. The SMILES string of the molecule is CN=C(NCCc1ccc(NC(C)=O)cc1)NC1CC=CC1.I. The van der Waals surface area contributed by atoms with E-state index in [0.29, 0.717) is 6.04 Å². The zero-order valence-corrected chi connectivity index (χ0v) is 16.0. The molecule has 3 N–H and O–H groups in total. The summed E-state index contributed by atoms with van der Waals surface area (Å²) in [5, 5.41) is 9.51.